The van der Waals surface area contributed by atoms with Gasteiger partial charge in [-0.05, 0) is 24.0 Å². The summed E-state index contributed by atoms with van der Waals surface area (Å²) >= 11 is 16.5. The van der Waals surface area contributed by atoms with Gasteiger partial charge in [-0.15, -0.1) is 0 Å². The van der Waals surface area contributed by atoms with Crippen molar-refractivity contribution in [2.75, 3.05) is 6.61 Å². The number of amides is 1. The zero-order valence-electron chi connectivity index (χ0n) is 9.46. The number of alkyl carbamates (subject to hydrolysis) is 1. The second-order valence-electron chi connectivity index (χ2n) is 4.13. The molecule has 0 saturated carbocycles. The number of fused-ring (bicyclic) bond motifs is 1. The van der Waals surface area contributed by atoms with E-state index >= 15 is 0 Å². The summed E-state index contributed by atoms with van der Waals surface area (Å²) in [4.78, 5) is 11.5. The molecule has 1 aliphatic rings. The van der Waals surface area contributed by atoms with Crippen LogP contribution < -0.4 is 5.32 Å². The summed E-state index contributed by atoms with van der Waals surface area (Å²) in [5.41, 5.74) is 2.38. The molecule has 1 unspecified atom stereocenters. The molecule has 1 aromatic carbocycles. The summed E-state index contributed by atoms with van der Waals surface area (Å²) in [6, 6.07) is 7.98. The van der Waals surface area contributed by atoms with Gasteiger partial charge in [0.25, 0.3) is 0 Å². The molecule has 3 nitrogen and oxygen atoms in total. The zero-order chi connectivity index (χ0) is 13.2. The standard InChI is InChI=1S/C12H12Cl3NO2/c13-12(14,15)7-18-11(17)16-10-6-5-8-3-1-2-4-9(8)10/h1-4,10H,5-7H2,(H,16,17). The van der Waals surface area contributed by atoms with Gasteiger partial charge in [0.2, 0.25) is 3.79 Å². The first-order chi connectivity index (χ1) is 8.46. The minimum atomic E-state index is -1.58. The fourth-order valence-electron chi connectivity index (χ4n) is 2.04. The van der Waals surface area contributed by atoms with Crippen molar-refractivity contribution in [3.05, 3.63) is 35.4 Å². The molecule has 0 saturated heterocycles. The Morgan fingerprint density at radius 1 is 1.39 bits per heavy atom. The maximum Gasteiger partial charge on any atom is 0.407 e. The summed E-state index contributed by atoms with van der Waals surface area (Å²) in [7, 11) is 0. The lowest BCUT2D eigenvalue weighted by molar-refractivity contribution is 0.144. The van der Waals surface area contributed by atoms with E-state index < -0.39 is 9.89 Å². The predicted molar refractivity (Wildman–Crippen MR) is 72.3 cm³/mol. The van der Waals surface area contributed by atoms with Crippen LogP contribution in [0.3, 0.4) is 0 Å². The molecule has 0 heterocycles. The molecule has 0 radical (unpaired) electrons. The van der Waals surface area contributed by atoms with Crippen molar-refractivity contribution in [2.45, 2.75) is 22.7 Å². The van der Waals surface area contributed by atoms with Crippen molar-refractivity contribution >= 4 is 40.9 Å². The lowest BCUT2D eigenvalue weighted by Crippen LogP contribution is -2.30. The first-order valence-electron chi connectivity index (χ1n) is 5.53. The monoisotopic (exact) mass is 307 g/mol. The highest BCUT2D eigenvalue weighted by Gasteiger charge is 2.26. The highest BCUT2D eigenvalue weighted by atomic mass is 35.6. The predicted octanol–water partition coefficient (Wildman–Crippen LogP) is 3.77. The van der Waals surface area contributed by atoms with E-state index in [4.69, 9.17) is 39.5 Å². The summed E-state index contributed by atoms with van der Waals surface area (Å²) < 4.78 is 3.26. The molecule has 0 spiro atoms. The molecule has 0 bridgehead atoms. The van der Waals surface area contributed by atoms with Gasteiger partial charge in [0.1, 0.15) is 6.61 Å². The quantitative estimate of drug-likeness (QED) is 0.845. The van der Waals surface area contributed by atoms with Crippen molar-refractivity contribution in [3.8, 4) is 0 Å². The van der Waals surface area contributed by atoms with Crippen LogP contribution in [0.2, 0.25) is 0 Å². The second-order valence-corrected chi connectivity index (χ2v) is 6.64. The summed E-state index contributed by atoms with van der Waals surface area (Å²) in [5, 5.41) is 2.77. The number of alkyl halides is 3. The van der Waals surface area contributed by atoms with Crippen LogP contribution in [0.5, 0.6) is 0 Å². The van der Waals surface area contributed by atoms with E-state index in [1.165, 1.54) is 5.56 Å². The van der Waals surface area contributed by atoms with Crippen molar-refractivity contribution < 1.29 is 9.53 Å². The third-order valence-electron chi connectivity index (χ3n) is 2.79. The van der Waals surface area contributed by atoms with Crippen LogP contribution in [-0.4, -0.2) is 16.5 Å². The average molecular weight is 309 g/mol. The number of ether oxygens (including phenoxy) is 1. The molecule has 1 atom stereocenters. The van der Waals surface area contributed by atoms with Gasteiger partial charge in [0.15, 0.2) is 0 Å². The van der Waals surface area contributed by atoms with Crippen molar-refractivity contribution in [1.29, 1.82) is 0 Å². The SMILES string of the molecule is O=C(NC1CCc2ccccc21)OCC(Cl)(Cl)Cl. The molecular weight excluding hydrogens is 296 g/mol. The third-order valence-corrected chi connectivity index (χ3v) is 3.12. The number of halogens is 3. The first kappa shape index (κ1) is 13.8. The van der Waals surface area contributed by atoms with E-state index in [1.54, 1.807) is 0 Å². The Bertz CT molecular complexity index is 445. The lowest BCUT2D eigenvalue weighted by Gasteiger charge is -2.16. The van der Waals surface area contributed by atoms with Gasteiger partial charge >= 0.3 is 6.09 Å². The van der Waals surface area contributed by atoms with Crippen LogP contribution >= 0.6 is 34.8 Å². The number of benzene rings is 1. The van der Waals surface area contributed by atoms with Gasteiger partial charge in [-0.2, -0.15) is 0 Å². The van der Waals surface area contributed by atoms with Crippen molar-refractivity contribution in [1.82, 2.24) is 5.32 Å². The maximum absolute atomic E-state index is 11.5. The number of carbonyl (C=O) groups is 1. The van der Waals surface area contributed by atoms with Gasteiger partial charge in [0.05, 0.1) is 6.04 Å². The Labute approximate surface area is 120 Å². The van der Waals surface area contributed by atoms with Crippen LogP contribution in [-0.2, 0) is 11.2 Å². The maximum atomic E-state index is 11.5. The van der Waals surface area contributed by atoms with Gasteiger partial charge in [0, 0.05) is 0 Å². The average Bonchev–Trinajstić information content (AvgIpc) is 2.70. The molecule has 1 aromatic rings. The molecule has 6 heteroatoms. The zero-order valence-corrected chi connectivity index (χ0v) is 11.7. The Morgan fingerprint density at radius 2 is 2.11 bits per heavy atom. The van der Waals surface area contributed by atoms with E-state index in [0.29, 0.717) is 0 Å². The summed E-state index contributed by atoms with van der Waals surface area (Å²) in [5.74, 6) is 0. The molecule has 0 fully saturated rings. The van der Waals surface area contributed by atoms with Crippen molar-refractivity contribution in [3.63, 3.8) is 0 Å². The lowest BCUT2D eigenvalue weighted by atomic mass is 10.1. The van der Waals surface area contributed by atoms with E-state index in [2.05, 4.69) is 11.4 Å². The van der Waals surface area contributed by atoms with E-state index in [-0.39, 0.29) is 12.6 Å². The molecule has 0 aromatic heterocycles. The third kappa shape index (κ3) is 3.67. The number of aryl methyl sites for hydroxylation is 1. The summed E-state index contributed by atoms with van der Waals surface area (Å²) in [6.07, 6.45) is 1.25. The summed E-state index contributed by atoms with van der Waals surface area (Å²) in [6.45, 7) is -0.266. The minimum absolute atomic E-state index is 0.0240. The second kappa shape index (κ2) is 5.55. The van der Waals surface area contributed by atoms with E-state index in [9.17, 15) is 4.79 Å². The van der Waals surface area contributed by atoms with Crippen LogP contribution in [0, 0.1) is 0 Å². The molecule has 1 N–H and O–H groups in total. The Balaban J connectivity index is 1.90. The molecule has 18 heavy (non-hydrogen) atoms. The van der Waals surface area contributed by atoms with Crippen LogP contribution in [0.15, 0.2) is 24.3 Å². The minimum Gasteiger partial charge on any atom is -0.445 e. The van der Waals surface area contributed by atoms with Gasteiger partial charge in [-0.1, -0.05) is 59.1 Å². The Kier molecular flexibility index (Phi) is 4.25. The fraction of sp³-hybridized carbons (Fsp3) is 0.417. The van der Waals surface area contributed by atoms with Gasteiger partial charge in [-0.25, -0.2) is 4.79 Å². The highest BCUT2D eigenvalue weighted by Crippen LogP contribution is 2.31. The number of hydrogen-bond acceptors (Lipinski definition) is 2. The smallest absolute Gasteiger partial charge is 0.407 e. The molecule has 1 amide bonds. The normalized spacial score (nSPS) is 18.3. The highest BCUT2D eigenvalue weighted by molar-refractivity contribution is 6.67. The Hall–Kier alpha value is -0.640. The van der Waals surface area contributed by atoms with Gasteiger partial charge < -0.3 is 10.1 Å². The first-order valence-corrected chi connectivity index (χ1v) is 6.67. The molecule has 1 aliphatic carbocycles. The van der Waals surface area contributed by atoms with Crippen LogP contribution in [0.4, 0.5) is 4.79 Å². The number of nitrogens with one attached hydrogen (secondary N) is 1. The molecular formula is C12H12Cl3NO2. The largest absolute Gasteiger partial charge is 0.445 e. The van der Waals surface area contributed by atoms with E-state index in [1.807, 2.05) is 18.2 Å². The van der Waals surface area contributed by atoms with Gasteiger partial charge in [-0.3, -0.25) is 0 Å². The molecule has 2 rings (SSSR count). The fourth-order valence-corrected chi connectivity index (χ4v) is 2.20. The van der Waals surface area contributed by atoms with Crippen LogP contribution in [0.25, 0.3) is 0 Å². The Morgan fingerprint density at radius 3 is 2.83 bits per heavy atom. The van der Waals surface area contributed by atoms with Crippen LogP contribution in [0.1, 0.15) is 23.6 Å². The number of carbonyl (C=O) groups excluding carboxylic acids is 1. The topological polar surface area (TPSA) is 38.3 Å². The molecule has 0 aliphatic heterocycles. The van der Waals surface area contributed by atoms with E-state index in [0.717, 1.165) is 18.4 Å². The number of hydrogen-bond donors (Lipinski definition) is 1. The van der Waals surface area contributed by atoms with Crippen molar-refractivity contribution in [2.24, 2.45) is 0 Å². The molecule has 98 valence electrons. The number of rotatable bonds is 2.